The van der Waals surface area contributed by atoms with Crippen molar-refractivity contribution in [3.63, 3.8) is 0 Å². The lowest BCUT2D eigenvalue weighted by molar-refractivity contribution is -0.401. The van der Waals surface area contributed by atoms with E-state index in [0.29, 0.717) is 11.6 Å². The van der Waals surface area contributed by atoms with Crippen LogP contribution in [0.15, 0.2) is 18.5 Å². The SMILES string of the molecule is COC1(OC)CC(Cn2ccc(/C=C/[N+](=O)[O-])n2)C1. The number of hydrogen-bond acceptors (Lipinski definition) is 5. The lowest BCUT2D eigenvalue weighted by atomic mass is 9.78. The fraction of sp³-hybridized carbons (Fsp3) is 0.583. The number of nitro groups is 1. The zero-order valence-electron chi connectivity index (χ0n) is 11.0. The summed E-state index contributed by atoms with van der Waals surface area (Å²) in [5.74, 6) is 0.0127. The topological polar surface area (TPSA) is 79.4 Å². The van der Waals surface area contributed by atoms with Crippen molar-refractivity contribution in [1.29, 1.82) is 0 Å². The summed E-state index contributed by atoms with van der Waals surface area (Å²) in [4.78, 5) is 9.70. The molecule has 0 spiro atoms. The molecular formula is C12H17N3O4. The average Bonchev–Trinajstić information content (AvgIpc) is 2.78. The van der Waals surface area contributed by atoms with Crippen molar-refractivity contribution in [1.82, 2.24) is 9.78 Å². The van der Waals surface area contributed by atoms with Gasteiger partial charge in [0.05, 0.1) is 10.6 Å². The van der Waals surface area contributed by atoms with E-state index in [0.717, 1.165) is 25.6 Å². The van der Waals surface area contributed by atoms with Gasteiger partial charge in [-0.05, 0) is 12.0 Å². The normalized spacial score (nSPS) is 18.6. The minimum atomic E-state index is -0.503. The van der Waals surface area contributed by atoms with Crippen molar-refractivity contribution < 1.29 is 14.4 Å². The highest BCUT2D eigenvalue weighted by Gasteiger charge is 2.45. The van der Waals surface area contributed by atoms with E-state index < -0.39 is 10.7 Å². The van der Waals surface area contributed by atoms with Crippen molar-refractivity contribution >= 4 is 6.08 Å². The second-order valence-corrected chi connectivity index (χ2v) is 4.66. The van der Waals surface area contributed by atoms with Gasteiger partial charge in [0.15, 0.2) is 5.79 Å². The van der Waals surface area contributed by atoms with Crippen LogP contribution in [0.4, 0.5) is 0 Å². The summed E-state index contributed by atoms with van der Waals surface area (Å²) in [5, 5.41) is 14.5. The highest BCUT2D eigenvalue weighted by atomic mass is 16.7. The molecule has 0 radical (unpaired) electrons. The van der Waals surface area contributed by atoms with Crippen molar-refractivity contribution in [3.05, 3.63) is 34.3 Å². The van der Waals surface area contributed by atoms with Crippen molar-refractivity contribution in [2.45, 2.75) is 25.2 Å². The Labute approximate surface area is 111 Å². The van der Waals surface area contributed by atoms with Gasteiger partial charge in [-0.1, -0.05) is 0 Å². The predicted molar refractivity (Wildman–Crippen MR) is 67.7 cm³/mol. The number of rotatable bonds is 6. The van der Waals surface area contributed by atoms with Crippen LogP contribution in [0.3, 0.4) is 0 Å². The summed E-state index contributed by atoms with van der Waals surface area (Å²) >= 11 is 0. The predicted octanol–water partition coefficient (Wildman–Crippen LogP) is 1.53. The molecule has 0 amide bonds. The summed E-state index contributed by atoms with van der Waals surface area (Å²) < 4.78 is 12.4. The zero-order chi connectivity index (χ0) is 13.9. The molecule has 1 heterocycles. The lowest BCUT2D eigenvalue weighted by Crippen LogP contribution is -2.48. The molecule has 2 rings (SSSR count). The van der Waals surface area contributed by atoms with Gasteiger partial charge >= 0.3 is 0 Å². The van der Waals surface area contributed by atoms with E-state index in [4.69, 9.17) is 9.47 Å². The molecule has 0 atom stereocenters. The number of ether oxygens (including phenoxy) is 2. The summed E-state index contributed by atoms with van der Waals surface area (Å²) in [6.45, 7) is 0.765. The molecule has 7 nitrogen and oxygen atoms in total. The summed E-state index contributed by atoms with van der Waals surface area (Å²) in [6.07, 6.45) is 5.75. The van der Waals surface area contributed by atoms with Crippen LogP contribution in [-0.2, 0) is 16.0 Å². The van der Waals surface area contributed by atoms with Crippen molar-refractivity contribution in [2.24, 2.45) is 5.92 Å². The van der Waals surface area contributed by atoms with Gasteiger partial charge in [0.25, 0.3) is 0 Å². The van der Waals surface area contributed by atoms with Gasteiger partial charge in [0, 0.05) is 45.9 Å². The molecule has 1 aromatic heterocycles. The summed E-state index contributed by atoms with van der Waals surface area (Å²) in [7, 11) is 3.29. The van der Waals surface area contributed by atoms with Crippen LogP contribution in [0.25, 0.3) is 6.08 Å². The van der Waals surface area contributed by atoms with Crippen LogP contribution in [0, 0.1) is 16.0 Å². The van der Waals surface area contributed by atoms with Crippen LogP contribution in [0.5, 0.6) is 0 Å². The third-order valence-electron chi connectivity index (χ3n) is 3.42. The maximum Gasteiger partial charge on any atom is 0.236 e. The molecular weight excluding hydrogens is 250 g/mol. The monoisotopic (exact) mass is 267 g/mol. The van der Waals surface area contributed by atoms with Gasteiger partial charge in [-0.15, -0.1) is 0 Å². The Morgan fingerprint density at radius 1 is 1.58 bits per heavy atom. The Morgan fingerprint density at radius 3 is 2.84 bits per heavy atom. The van der Waals surface area contributed by atoms with E-state index in [1.54, 1.807) is 25.0 Å². The number of aromatic nitrogens is 2. The Morgan fingerprint density at radius 2 is 2.26 bits per heavy atom. The molecule has 0 aliphatic heterocycles. The molecule has 1 aliphatic carbocycles. The highest BCUT2D eigenvalue weighted by Crippen LogP contribution is 2.41. The van der Waals surface area contributed by atoms with Crippen LogP contribution in [0.1, 0.15) is 18.5 Å². The molecule has 0 saturated heterocycles. The summed E-state index contributed by atoms with van der Waals surface area (Å²) in [5.41, 5.74) is 0.584. The van der Waals surface area contributed by atoms with Gasteiger partial charge in [0.2, 0.25) is 6.20 Å². The largest absolute Gasteiger partial charge is 0.353 e. The molecule has 1 saturated carbocycles. The van der Waals surface area contributed by atoms with E-state index in [2.05, 4.69) is 5.10 Å². The van der Waals surface area contributed by atoms with Crippen molar-refractivity contribution in [2.75, 3.05) is 14.2 Å². The second kappa shape index (κ2) is 5.50. The standard InChI is InChI=1S/C12H17N3O4/c1-18-12(19-2)7-10(8-12)9-14-5-3-11(13-14)4-6-15(16)17/h3-6,10H,7-9H2,1-2H3/b6-4+. The maximum absolute atomic E-state index is 10.2. The fourth-order valence-corrected chi connectivity index (χ4v) is 2.34. The minimum absolute atomic E-state index is 0.438. The number of methoxy groups -OCH3 is 2. The van der Waals surface area contributed by atoms with Crippen LogP contribution in [0.2, 0.25) is 0 Å². The zero-order valence-corrected chi connectivity index (χ0v) is 11.0. The number of hydrogen-bond donors (Lipinski definition) is 0. The fourth-order valence-electron chi connectivity index (χ4n) is 2.34. The highest BCUT2D eigenvalue weighted by molar-refractivity contribution is 5.41. The minimum Gasteiger partial charge on any atom is -0.353 e. The molecule has 1 fully saturated rings. The van der Waals surface area contributed by atoms with Gasteiger partial charge in [0.1, 0.15) is 0 Å². The molecule has 1 aromatic rings. The molecule has 0 unspecified atom stereocenters. The van der Waals surface area contributed by atoms with Crippen LogP contribution >= 0.6 is 0 Å². The van der Waals surface area contributed by atoms with Gasteiger partial charge in [-0.25, -0.2) is 0 Å². The molecule has 0 N–H and O–H groups in total. The molecule has 0 bridgehead atoms. The first-order valence-corrected chi connectivity index (χ1v) is 6.02. The number of nitrogens with zero attached hydrogens (tertiary/aromatic N) is 3. The third-order valence-corrected chi connectivity index (χ3v) is 3.42. The average molecular weight is 267 g/mol. The van der Waals surface area contributed by atoms with E-state index in [1.807, 2.05) is 6.20 Å². The van der Waals surface area contributed by atoms with Gasteiger partial charge in [-0.2, -0.15) is 5.10 Å². The first-order valence-electron chi connectivity index (χ1n) is 6.02. The maximum atomic E-state index is 10.2. The summed E-state index contributed by atoms with van der Waals surface area (Å²) in [6, 6.07) is 1.75. The van der Waals surface area contributed by atoms with E-state index in [1.165, 1.54) is 6.08 Å². The third kappa shape index (κ3) is 3.18. The quantitative estimate of drug-likeness (QED) is 0.443. The molecule has 7 heteroatoms. The van der Waals surface area contributed by atoms with Crippen LogP contribution in [-0.4, -0.2) is 34.7 Å². The van der Waals surface area contributed by atoms with Crippen LogP contribution < -0.4 is 0 Å². The first-order chi connectivity index (χ1) is 9.07. The Bertz CT molecular complexity index is 471. The Kier molecular flexibility index (Phi) is 3.96. The second-order valence-electron chi connectivity index (χ2n) is 4.66. The molecule has 104 valence electrons. The molecule has 19 heavy (non-hydrogen) atoms. The van der Waals surface area contributed by atoms with Crippen molar-refractivity contribution in [3.8, 4) is 0 Å². The van der Waals surface area contributed by atoms with Gasteiger partial charge < -0.3 is 9.47 Å². The van der Waals surface area contributed by atoms with E-state index in [-0.39, 0.29) is 0 Å². The lowest BCUT2D eigenvalue weighted by Gasteiger charge is -2.45. The Hall–Kier alpha value is -1.73. The molecule has 0 aromatic carbocycles. The van der Waals surface area contributed by atoms with E-state index >= 15 is 0 Å². The first kappa shape index (κ1) is 13.7. The molecule has 1 aliphatic rings. The smallest absolute Gasteiger partial charge is 0.236 e. The van der Waals surface area contributed by atoms with E-state index in [9.17, 15) is 10.1 Å². The van der Waals surface area contributed by atoms with Gasteiger partial charge in [-0.3, -0.25) is 14.8 Å². The Balaban J connectivity index is 1.87.